The van der Waals surface area contributed by atoms with Crippen LogP contribution in [0.15, 0.2) is 127 Å². The van der Waals surface area contributed by atoms with Crippen LogP contribution in [-0.2, 0) is 0 Å². The highest BCUT2D eigenvalue weighted by atomic mass is 28.3. The third kappa shape index (κ3) is 2.53. The molecule has 0 fully saturated rings. The number of hydrogen-bond donors (Lipinski definition) is 0. The van der Waals surface area contributed by atoms with Gasteiger partial charge in [0.15, 0.2) is 8.07 Å². The lowest BCUT2D eigenvalue weighted by Gasteiger charge is -2.31. The van der Waals surface area contributed by atoms with Gasteiger partial charge in [0.1, 0.15) is 0 Å². The summed E-state index contributed by atoms with van der Waals surface area (Å²) in [5.41, 5.74) is 4.13. The summed E-state index contributed by atoms with van der Waals surface area (Å²) in [5, 5.41) is 11.3. The molecule has 0 saturated carbocycles. The van der Waals surface area contributed by atoms with Crippen LogP contribution < -0.4 is 20.7 Å². The molecule has 0 amide bonds. The fourth-order valence-corrected chi connectivity index (χ4v) is 11.4. The van der Waals surface area contributed by atoms with Crippen molar-refractivity contribution in [1.82, 2.24) is 0 Å². The smallest absolute Gasteiger partial charge is 0.0623 e. The second-order valence-electron chi connectivity index (χ2n) is 9.39. The Morgan fingerprint density at radius 2 is 1.03 bits per heavy atom. The van der Waals surface area contributed by atoms with Crippen LogP contribution in [0, 0.1) is 6.92 Å². The van der Waals surface area contributed by atoms with Crippen molar-refractivity contribution < 1.29 is 0 Å². The predicted octanol–water partition coefficient (Wildman–Crippen LogP) is 5.66. The fraction of sp³-hybridized carbons (Fsp3) is 0.0303. The topological polar surface area (TPSA) is 0 Å². The highest BCUT2D eigenvalue weighted by Gasteiger charge is 2.48. The molecule has 0 bridgehead atoms. The van der Waals surface area contributed by atoms with Gasteiger partial charge in [0.05, 0.1) is 0 Å². The third-order valence-electron chi connectivity index (χ3n) is 7.64. The van der Waals surface area contributed by atoms with E-state index in [1.807, 2.05) is 0 Å². The maximum absolute atomic E-state index is 2.54. The highest BCUT2D eigenvalue weighted by Crippen LogP contribution is 2.35. The largest absolute Gasteiger partial charge is 0.180 e. The highest BCUT2D eigenvalue weighted by molar-refractivity contribution is 7.22. The summed E-state index contributed by atoms with van der Waals surface area (Å²) < 4.78 is 0. The Hall–Kier alpha value is -3.94. The Labute approximate surface area is 201 Å². The first-order valence-corrected chi connectivity index (χ1v) is 14.0. The van der Waals surface area contributed by atoms with Gasteiger partial charge in [0.25, 0.3) is 0 Å². The molecule has 1 aliphatic rings. The third-order valence-corrected chi connectivity index (χ3v) is 12.5. The van der Waals surface area contributed by atoms with Gasteiger partial charge in [-0.15, -0.1) is 0 Å². The molecule has 1 heteroatoms. The molecule has 0 aromatic heterocycles. The molecule has 1 heterocycles. The molecule has 0 nitrogen and oxygen atoms in total. The van der Waals surface area contributed by atoms with Crippen LogP contribution in [0.2, 0.25) is 0 Å². The van der Waals surface area contributed by atoms with E-state index in [2.05, 4.69) is 134 Å². The molecule has 0 spiro atoms. The van der Waals surface area contributed by atoms with Gasteiger partial charge in [-0.3, -0.25) is 0 Å². The molecule has 0 N–H and O–H groups in total. The fourth-order valence-electron chi connectivity index (χ4n) is 6.23. The SMILES string of the molecule is Cc1cc2cc3c(cc2c2ccccc12)[Si](c1ccccc1)(c1ccccc1)c1ccccc1-3. The standard InChI is InChI=1S/C33H24Si/c1-23-20-24-21-31-29-18-10-11-19-32(29)34(25-12-4-2-5-13-25,26-14-6-3-7-15-26)33(31)22-30(24)28-17-9-8-16-27(23)28/h2-22H,1H3. The summed E-state index contributed by atoms with van der Waals surface area (Å²) >= 11 is 0. The van der Waals surface area contributed by atoms with E-state index in [9.17, 15) is 0 Å². The van der Waals surface area contributed by atoms with E-state index in [-0.39, 0.29) is 0 Å². The maximum Gasteiger partial charge on any atom is 0.180 e. The van der Waals surface area contributed by atoms with E-state index in [1.54, 1.807) is 0 Å². The lowest BCUT2D eigenvalue weighted by atomic mass is 9.95. The molecule has 0 saturated heterocycles. The van der Waals surface area contributed by atoms with Crippen molar-refractivity contribution in [2.24, 2.45) is 0 Å². The summed E-state index contributed by atoms with van der Waals surface area (Å²) in [7, 11) is -2.44. The summed E-state index contributed by atoms with van der Waals surface area (Å²) in [6.45, 7) is 2.23. The minimum Gasteiger partial charge on any atom is -0.0623 e. The van der Waals surface area contributed by atoms with Crippen molar-refractivity contribution >= 4 is 50.4 Å². The zero-order chi connectivity index (χ0) is 22.7. The summed E-state index contributed by atoms with van der Waals surface area (Å²) in [6, 6.07) is 47.8. The quantitative estimate of drug-likeness (QED) is 0.236. The van der Waals surface area contributed by atoms with E-state index in [0.717, 1.165) is 0 Å². The molecule has 34 heavy (non-hydrogen) atoms. The second-order valence-corrected chi connectivity index (χ2v) is 13.1. The van der Waals surface area contributed by atoms with Crippen LogP contribution in [0.25, 0.3) is 32.7 Å². The first-order chi connectivity index (χ1) is 16.8. The van der Waals surface area contributed by atoms with Gasteiger partial charge in [0.2, 0.25) is 0 Å². The molecule has 1 aliphatic heterocycles. The Morgan fingerprint density at radius 1 is 0.441 bits per heavy atom. The Kier molecular flexibility index (Phi) is 4.18. The van der Waals surface area contributed by atoms with Crippen molar-refractivity contribution in [2.75, 3.05) is 0 Å². The molecule has 0 atom stereocenters. The Morgan fingerprint density at radius 3 is 1.74 bits per heavy atom. The Balaban J connectivity index is 1.70. The molecular formula is C33H24Si. The van der Waals surface area contributed by atoms with Crippen molar-refractivity contribution in [2.45, 2.75) is 6.92 Å². The van der Waals surface area contributed by atoms with Gasteiger partial charge < -0.3 is 0 Å². The van der Waals surface area contributed by atoms with Crippen LogP contribution in [0.1, 0.15) is 5.56 Å². The molecule has 6 aromatic rings. The van der Waals surface area contributed by atoms with E-state index >= 15 is 0 Å². The lowest BCUT2D eigenvalue weighted by Crippen LogP contribution is -2.72. The molecule has 0 radical (unpaired) electrons. The van der Waals surface area contributed by atoms with Crippen molar-refractivity contribution in [3.8, 4) is 11.1 Å². The first kappa shape index (κ1) is 19.5. The van der Waals surface area contributed by atoms with Crippen LogP contribution >= 0.6 is 0 Å². The van der Waals surface area contributed by atoms with Crippen molar-refractivity contribution in [1.29, 1.82) is 0 Å². The minimum absolute atomic E-state index is 1.33. The van der Waals surface area contributed by atoms with E-state index < -0.39 is 8.07 Å². The second kappa shape index (κ2) is 7.28. The summed E-state index contributed by atoms with van der Waals surface area (Å²) in [6.07, 6.45) is 0. The van der Waals surface area contributed by atoms with Gasteiger partial charge in [-0.2, -0.15) is 0 Å². The average Bonchev–Trinajstić information content (AvgIpc) is 3.19. The van der Waals surface area contributed by atoms with Crippen LogP contribution in [0.5, 0.6) is 0 Å². The maximum atomic E-state index is 2.54. The average molecular weight is 449 g/mol. The van der Waals surface area contributed by atoms with Crippen molar-refractivity contribution in [3.05, 3.63) is 133 Å². The van der Waals surface area contributed by atoms with E-state index in [0.29, 0.717) is 0 Å². The Bertz CT molecular complexity index is 1660. The molecule has 6 aromatic carbocycles. The van der Waals surface area contributed by atoms with Gasteiger partial charge in [-0.1, -0.05) is 121 Å². The number of fused-ring (bicyclic) bond motifs is 6. The molecule has 0 aliphatic carbocycles. The summed E-state index contributed by atoms with van der Waals surface area (Å²) in [4.78, 5) is 0. The number of benzene rings is 6. The molecule has 160 valence electrons. The van der Waals surface area contributed by atoms with Crippen LogP contribution in [-0.4, -0.2) is 8.07 Å². The number of rotatable bonds is 2. The first-order valence-electron chi connectivity index (χ1n) is 12.0. The van der Waals surface area contributed by atoms with Crippen LogP contribution in [0.4, 0.5) is 0 Å². The number of aryl methyl sites for hydroxylation is 1. The molecular weight excluding hydrogens is 424 g/mol. The summed E-state index contributed by atoms with van der Waals surface area (Å²) in [5.74, 6) is 0. The zero-order valence-corrected chi connectivity index (χ0v) is 20.1. The normalized spacial score (nSPS) is 13.7. The van der Waals surface area contributed by atoms with Gasteiger partial charge in [-0.05, 0) is 72.0 Å². The van der Waals surface area contributed by atoms with E-state index in [4.69, 9.17) is 0 Å². The van der Waals surface area contributed by atoms with Gasteiger partial charge >= 0.3 is 0 Å². The van der Waals surface area contributed by atoms with Crippen LogP contribution in [0.3, 0.4) is 0 Å². The van der Waals surface area contributed by atoms with Crippen molar-refractivity contribution in [3.63, 3.8) is 0 Å². The predicted molar refractivity (Wildman–Crippen MR) is 149 cm³/mol. The number of hydrogen-bond acceptors (Lipinski definition) is 0. The molecule has 0 unspecified atom stereocenters. The zero-order valence-electron chi connectivity index (χ0n) is 19.1. The lowest BCUT2D eigenvalue weighted by molar-refractivity contribution is 1.56. The monoisotopic (exact) mass is 448 g/mol. The van der Waals surface area contributed by atoms with Gasteiger partial charge in [-0.25, -0.2) is 0 Å². The molecule has 7 rings (SSSR count). The van der Waals surface area contributed by atoms with Gasteiger partial charge in [0, 0.05) is 0 Å². The minimum atomic E-state index is -2.44. The van der Waals surface area contributed by atoms with E-state index in [1.165, 1.54) is 59.0 Å².